The minimum atomic E-state index is -1.33. The van der Waals surface area contributed by atoms with Crippen LogP contribution >= 0.6 is 0 Å². The molecule has 0 heterocycles. The van der Waals surface area contributed by atoms with Crippen molar-refractivity contribution in [1.82, 2.24) is 0 Å². The zero-order valence-electron chi connectivity index (χ0n) is 2.38. The monoisotopic (exact) mass is 136 g/mol. The second kappa shape index (κ2) is 3.83. The third kappa shape index (κ3) is 435. The Labute approximate surface area is 40.5 Å². The number of nitrogens with two attached hydrogens (primary N) is 1. The van der Waals surface area contributed by atoms with Gasteiger partial charge < -0.3 is 10.8 Å². The zero-order valence-corrected chi connectivity index (χ0v) is 4.26. The fourth-order valence-corrected chi connectivity index (χ4v) is 0. The minimum absolute atomic E-state index is 0. The van der Waals surface area contributed by atoms with Gasteiger partial charge in [-0.25, -0.2) is 4.79 Å². The molecule has 0 bridgehead atoms. The van der Waals surface area contributed by atoms with E-state index in [2.05, 4.69) is 5.73 Å². The van der Waals surface area contributed by atoms with E-state index in [4.69, 9.17) is 9.90 Å². The van der Waals surface area contributed by atoms with Gasteiger partial charge in [-0.3, -0.25) is 0 Å². The average Bonchev–Trinajstić information content (AvgIpc) is 0.811. The van der Waals surface area contributed by atoms with Crippen molar-refractivity contribution < 1.29 is 9.90 Å². The molecule has 0 aliphatic heterocycles. The van der Waals surface area contributed by atoms with Gasteiger partial charge in [0, 0.05) is 18.0 Å². The molecule has 0 fully saturated rings. The summed E-state index contributed by atoms with van der Waals surface area (Å²) in [5, 5.41) is 7.19. The van der Waals surface area contributed by atoms with Gasteiger partial charge in [0.25, 0.3) is 0 Å². The molecule has 0 saturated carbocycles. The summed E-state index contributed by atoms with van der Waals surface area (Å²) in [6, 6.07) is 0. The molecule has 3 nitrogen and oxygen atoms in total. The maximum absolute atomic E-state index is 8.78. The van der Waals surface area contributed by atoms with Gasteiger partial charge in [0.2, 0.25) is 0 Å². The zero-order chi connectivity index (χ0) is 3.58. The second-order valence-electron chi connectivity index (χ2n) is 0.338. The largest absolute Gasteiger partial charge is 0.465 e. The van der Waals surface area contributed by atoms with E-state index >= 15 is 0 Å². The van der Waals surface area contributed by atoms with Crippen molar-refractivity contribution in [3.63, 3.8) is 0 Å². The summed E-state index contributed by atoms with van der Waals surface area (Å²) >= 11 is 0. The van der Waals surface area contributed by atoms with Crippen LogP contribution in [-0.2, 0) is 0 Å². The SMILES string of the molecule is NC(=O)O.[As]. The van der Waals surface area contributed by atoms with Gasteiger partial charge >= 0.3 is 6.09 Å². The van der Waals surface area contributed by atoms with E-state index in [1.54, 1.807) is 0 Å². The number of primary amides is 1. The van der Waals surface area contributed by atoms with Gasteiger partial charge in [-0.15, -0.1) is 0 Å². The number of amides is 1. The molecule has 4 heteroatoms. The molecule has 0 aromatic heterocycles. The molecule has 3 N–H and O–H groups in total. The molecule has 1 amide bonds. The number of carbonyl (C=O) groups is 1. The van der Waals surface area contributed by atoms with Gasteiger partial charge in [0.1, 0.15) is 0 Å². The number of carboxylic acid groups (broad SMARTS) is 1. The summed E-state index contributed by atoms with van der Waals surface area (Å²) < 4.78 is 0. The molecule has 5 heavy (non-hydrogen) atoms. The summed E-state index contributed by atoms with van der Waals surface area (Å²) in [5.74, 6) is 0. The second-order valence-corrected chi connectivity index (χ2v) is 0.338. The first-order chi connectivity index (χ1) is 1.73. The van der Waals surface area contributed by atoms with Crippen molar-refractivity contribution >= 4 is 24.0 Å². The van der Waals surface area contributed by atoms with Crippen LogP contribution in [0.2, 0.25) is 0 Å². The normalized spacial score (nSPS) is 4.80. The first-order valence-electron chi connectivity index (χ1n) is 0.716. The molecule has 0 saturated heterocycles. The Morgan fingerprint density at radius 3 is 1.80 bits per heavy atom. The van der Waals surface area contributed by atoms with E-state index in [0.29, 0.717) is 0 Å². The van der Waals surface area contributed by atoms with E-state index in [0.717, 1.165) is 0 Å². The van der Waals surface area contributed by atoms with Gasteiger partial charge in [0.05, 0.1) is 0 Å². The number of hydrogen-bond donors (Lipinski definition) is 2. The van der Waals surface area contributed by atoms with E-state index < -0.39 is 6.09 Å². The van der Waals surface area contributed by atoms with Gasteiger partial charge in [-0.2, -0.15) is 0 Å². The molecule has 29 valence electrons. The van der Waals surface area contributed by atoms with Crippen molar-refractivity contribution in [2.24, 2.45) is 5.73 Å². The molecule has 0 aliphatic rings. The fraction of sp³-hybridized carbons (Fsp3) is 0. The van der Waals surface area contributed by atoms with Gasteiger partial charge in [-0.05, 0) is 0 Å². The summed E-state index contributed by atoms with van der Waals surface area (Å²) in [6.07, 6.45) is -1.33. The Morgan fingerprint density at radius 1 is 1.80 bits per heavy atom. The summed E-state index contributed by atoms with van der Waals surface area (Å²) in [7, 11) is 0. The number of hydrogen-bond acceptors (Lipinski definition) is 1. The summed E-state index contributed by atoms with van der Waals surface area (Å²) in [6.45, 7) is 0. The van der Waals surface area contributed by atoms with E-state index in [1.807, 2.05) is 0 Å². The Hall–Kier alpha value is -0.172. The van der Waals surface area contributed by atoms with Crippen molar-refractivity contribution in [2.45, 2.75) is 0 Å². The predicted molar refractivity (Wildman–Crippen MR) is 18.0 cm³/mol. The van der Waals surface area contributed by atoms with E-state index in [9.17, 15) is 0 Å². The summed E-state index contributed by atoms with van der Waals surface area (Å²) in [5.41, 5.74) is 4.03. The van der Waals surface area contributed by atoms with Crippen LogP contribution in [0, 0.1) is 0 Å². The van der Waals surface area contributed by atoms with Crippen LogP contribution in [0.4, 0.5) is 4.79 Å². The maximum Gasteiger partial charge on any atom is 0.402 e. The Balaban J connectivity index is 0. The van der Waals surface area contributed by atoms with Crippen LogP contribution in [0.5, 0.6) is 0 Å². The molecule has 0 aromatic rings. The molecular formula is CH3AsNO2. The third-order valence-electron chi connectivity index (χ3n) is 0. The first kappa shape index (κ1) is 8.85. The van der Waals surface area contributed by atoms with Crippen LogP contribution in [0.25, 0.3) is 0 Å². The van der Waals surface area contributed by atoms with Crippen molar-refractivity contribution in [1.29, 1.82) is 0 Å². The molecular weight excluding hydrogens is 133 g/mol. The predicted octanol–water partition coefficient (Wildman–Crippen LogP) is -0.758. The quantitative estimate of drug-likeness (QED) is 0.430. The van der Waals surface area contributed by atoms with Crippen LogP contribution < -0.4 is 5.73 Å². The van der Waals surface area contributed by atoms with Crippen LogP contribution in [0.1, 0.15) is 0 Å². The molecule has 0 aromatic carbocycles. The average molecular weight is 136 g/mol. The minimum Gasteiger partial charge on any atom is -0.465 e. The maximum atomic E-state index is 8.78. The van der Waals surface area contributed by atoms with E-state index in [-0.39, 0.29) is 18.0 Å². The van der Waals surface area contributed by atoms with Crippen LogP contribution in [0.3, 0.4) is 0 Å². The third-order valence-corrected chi connectivity index (χ3v) is 0. The van der Waals surface area contributed by atoms with Crippen molar-refractivity contribution in [2.75, 3.05) is 0 Å². The van der Waals surface area contributed by atoms with E-state index in [1.165, 1.54) is 0 Å². The molecule has 0 spiro atoms. The molecule has 0 aliphatic carbocycles. The van der Waals surface area contributed by atoms with Crippen molar-refractivity contribution in [3.8, 4) is 0 Å². The van der Waals surface area contributed by atoms with Crippen LogP contribution in [-0.4, -0.2) is 29.2 Å². The fourth-order valence-electron chi connectivity index (χ4n) is 0. The van der Waals surface area contributed by atoms with Gasteiger partial charge in [0.15, 0.2) is 0 Å². The summed E-state index contributed by atoms with van der Waals surface area (Å²) in [4.78, 5) is 8.78. The molecule has 0 rings (SSSR count). The van der Waals surface area contributed by atoms with Crippen LogP contribution in [0.15, 0.2) is 0 Å². The number of rotatable bonds is 0. The standard InChI is InChI=1S/CH3NO2.As/c2-1(3)4;/h2H2,(H,3,4);. The molecule has 3 radical (unpaired) electrons. The molecule has 0 unspecified atom stereocenters. The molecule has 0 atom stereocenters. The topological polar surface area (TPSA) is 63.3 Å². The Kier molecular flexibility index (Phi) is 6.77. The van der Waals surface area contributed by atoms with Gasteiger partial charge in [-0.1, -0.05) is 0 Å². The smallest absolute Gasteiger partial charge is 0.402 e. The Morgan fingerprint density at radius 2 is 1.80 bits per heavy atom. The Bertz CT molecular complexity index is 32.6. The first-order valence-corrected chi connectivity index (χ1v) is 0.716. The van der Waals surface area contributed by atoms with Crippen molar-refractivity contribution in [3.05, 3.63) is 0 Å².